The van der Waals surface area contributed by atoms with Gasteiger partial charge in [0.2, 0.25) is 0 Å². The predicted molar refractivity (Wildman–Crippen MR) is 80.5 cm³/mol. The second-order valence-corrected chi connectivity index (χ2v) is 5.44. The third-order valence-electron chi connectivity index (χ3n) is 3.50. The summed E-state index contributed by atoms with van der Waals surface area (Å²) < 4.78 is 5.94. The number of benzene rings is 1. The van der Waals surface area contributed by atoms with Crippen LogP contribution in [0.25, 0.3) is 11.3 Å². The Labute approximate surface area is 115 Å². The van der Waals surface area contributed by atoms with Crippen LogP contribution < -0.4 is 5.32 Å². The summed E-state index contributed by atoms with van der Waals surface area (Å²) in [6.07, 6.45) is 0.917. The van der Waals surface area contributed by atoms with E-state index < -0.39 is 0 Å². The van der Waals surface area contributed by atoms with Gasteiger partial charge in [0.1, 0.15) is 11.5 Å². The molecule has 2 heteroatoms. The highest BCUT2D eigenvalue weighted by Crippen LogP contribution is 2.26. The van der Waals surface area contributed by atoms with Crippen molar-refractivity contribution < 1.29 is 4.42 Å². The normalized spacial score (nSPS) is 12.9. The summed E-state index contributed by atoms with van der Waals surface area (Å²) >= 11 is 0. The predicted octanol–water partition coefficient (Wildman–Crippen LogP) is 4.22. The molecule has 2 aromatic rings. The zero-order chi connectivity index (χ0) is 13.8. The Bertz CT molecular complexity index is 528. The maximum Gasteiger partial charge on any atom is 0.134 e. The Morgan fingerprint density at radius 2 is 1.89 bits per heavy atom. The van der Waals surface area contributed by atoms with E-state index in [1.54, 1.807) is 0 Å². The third kappa shape index (κ3) is 3.48. The summed E-state index contributed by atoms with van der Waals surface area (Å²) in [6.45, 7) is 6.57. The Hall–Kier alpha value is -1.54. The van der Waals surface area contributed by atoms with Gasteiger partial charge >= 0.3 is 0 Å². The van der Waals surface area contributed by atoms with E-state index in [1.807, 2.05) is 7.05 Å². The molecular formula is C17H23NO. The van der Waals surface area contributed by atoms with E-state index in [0.717, 1.165) is 23.5 Å². The molecule has 1 heterocycles. The van der Waals surface area contributed by atoms with Gasteiger partial charge in [0, 0.05) is 18.0 Å². The fraction of sp³-hybridized carbons (Fsp3) is 0.412. The fourth-order valence-corrected chi connectivity index (χ4v) is 2.10. The number of hydrogen-bond donors (Lipinski definition) is 1. The molecule has 0 spiro atoms. The summed E-state index contributed by atoms with van der Waals surface area (Å²) in [5.74, 6) is 2.53. The highest BCUT2D eigenvalue weighted by molar-refractivity contribution is 5.58. The first-order chi connectivity index (χ1) is 9.10. The van der Waals surface area contributed by atoms with Crippen molar-refractivity contribution in [2.24, 2.45) is 0 Å². The Morgan fingerprint density at radius 3 is 2.58 bits per heavy atom. The van der Waals surface area contributed by atoms with Crippen LogP contribution in [-0.4, -0.2) is 13.1 Å². The quantitative estimate of drug-likeness (QED) is 0.867. The molecule has 1 atom stereocenters. The molecule has 0 amide bonds. The molecule has 0 bridgehead atoms. The van der Waals surface area contributed by atoms with Gasteiger partial charge in [-0.05, 0) is 43.7 Å². The number of likely N-dealkylation sites (N-methyl/N-ethyl adjacent to an activating group) is 1. The number of rotatable bonds is 5. The molecule has 1 aromatic carbocycles. The summed E-state index contributed by atoms with van der Waals surface area (Å²) in [5, 5.41) is 3.23. The molecule has 2 nitrogen and oxygen atoms in total. The van der Waals surface area contributed by atoms with Gasteiger partial charge in [-0.3, -0.25) is 0 Å². The lowest BCUT2D eigenvalue weighted by Gasteiger charge is -2.08. The van der Waals surface area contributed by atoms with Gasteiger partial charge < -0.3 is 9.73 Å². The molecule has 1 aromatic heterocycles. The monoisotopic (exact) mass is 257 g/mol. The van der Waals surface area contributed by atoms with E-state index in [1.165, 1.54) is 5.56 Å². The first kappa shape index (κ1) is 13.9. The average molecular weight is 257 g/mol. The van der Waals surface area contributed by atoms with Crippen LogP contribution in [0.3, 0.4) is 0 Å². The van der Waals surface area contributed by atoms with Crippen LogP contribution in [0.15, 0.2) is 40.8 Å². The van der Waals surface area contributed by atoms with E-state index in [0.29, 0.717) is 12.0 Å². The second kappa shape index (κ2) is 6.07. The van der Waals surface area contributed by atoms with E-state index >= 15 is 0 Å². The molecule has 0 aliphatic heterocycles. The van der Waals surface area contributed by atoms with Crippen molar-refractivity contribution >= 4 is 0 Å². The molecule has 0 aliphatic carbocycles. The first-order valence-electron chi connectivity index (χ1n) is 6.96. The maximum atomic E-state index is 5.94. The van der Waals surface area contributed by atoms with Crippen molar-refractivity contribution in [3.05, 3.63) is 47.7 Å². The third-order valence-corrected chi connectivity index (χ3v) is 3.50. The molecule has 0 radical (unpaired) electrons. The molecule has 2 rings (SSSR count). The van der Waals surface area contributed by atoms with Gasteiger partial charge in [0.25, 0.3) is 0 Å². The van der Waals surface area contributed by atoms with Crippen LogP contribution in [0.1, 0.15) is 38.0 Å². The smallest absolute Gasteiger partial charge is 0.134 e. The van der Waals surface area contributed by atoms with Crippen LogP contribution in [0, 0.1) is 0 Å². The van der Waals surface area contributed by atoms with Crippen LogP contribution in [0.2, 0.25) is 0 Å². The van der Waals surface area contributed by atoms with Gasteiger partial charge in [0.05, 0.1) is 0 Å². The molecule has 102 valence electrons. The summed E-state index contributed by atoms with van der Waals surface area (Å²) in [5.41, 5.74) is 2.51. The molecule has 19 heavy (non-hydrogen) atoms. The van der Waals surface area contributed by atoms with Gasteiger partial charge in [-0.1, -0.05) is 32.0 Å². The van der Waals surface area contributed by atoms with Crippen molar-refractivity contribution in [3.8, 4) is 11.3 Å². The van der Waals surface area contributed by atoms with Gasteiger partial charge in [-0.2, -0.15) is 0 Å². The second-order valence-electron chi connectivity index (χ2n) is 5.44. The highest BCUT2D eigenvalue weighted by Gasteiger charge is 2.09. The average Bonchev–Trinajstić information content (AvgIpc) is 2.87. The van der Waals surface area contributed by atoms with E-state index in [-0.39, 0.29) is 0 Å². The fourth-order valence-electron chi connectivity index (χ4n) is 2.10. The lowest BCUT2D eigenvalue weighted by molar-refractivity contribution is 0.481. The summed E-state index contributed by atoms with van der Waals surface area (Å²) in [7, 11) is 1.97. The minimum absolute atomic E-state index is 0.431. The number of hydrogen-bond acceptors (Lipinski definition) is 2. The van der Waals surface area contributed by atoms with Crippen LogP contribution >= 0.6 is 0 Å². The van der Waals surface area contributed by atoms with Crippen LogP contribution in [0.5, 0.6) is 0 Å². The maximum absolute atomic E-state index is 5.94. The zero-order valence-electron chi connectivity index (χ0n) is 12.2. The first-order valence-corrected chi connectivity index (χ1v) is 6.96. The van der Waals surface area contributed by atoms with Crippen molar-refractivity contribution in [2.75, 3.05) is 7.05 Å². The Kier molecular flexibility index (Phi) is 4.43. The van der Waals surface area contributed by atoms with Gasteiger partial charge in [-0.15, -0.1) is 0 Å². The zero-order valence-corrected chi connectivity index (χ0v) is 12.2. The SMILES string of the molecule is CNC(C)Cc1ccc(-c2cccc(C(C)C)c2)o1. The molecular weight excluding hydrogens is 234 g/mol. The highest BCUT2D eigenvalue weighted by atomic mass is 16.3. The van der Waals surface area contributed by atoms with Crippen molar-refractivity contribution in [1.82, 2.24) is 5.32 Å². The van der Waals surface area contributed by atoms with E-state index in [2.05, 4.69) is 62.5 Å². The topological polar surface area (TPSA) is 25.2 Å². The number of nitrogens with one attached hydrogen (secondary N) is 1. The largest absolute Gasteiger partial charge is 0.461 e. The minimum atomic E-state index is 0.431. The standard InChI is InChI=1S/C17H23NO/c1-12(2)14-6-5-7-15(11-14)17-9-8-16(19-17)10-13(3)18-4/h5-9,11-13,18H,10H2,1-4H3. The lowest BCUT2D eigenvalue weighted by atomic mass is 10.0. The Balaban J connectivity index is 2.20. The van der Waals surface area contributed by atoms with Crippen LogP contribution in [-0.2, 0) is 6.42 Å². The van der Waals surface area contributed by atoms with Gasteiger partial charge in [-0.25, -0.2) is 0 Å². The molecule has 0 saturated heterocycles. The van der Waals surface area contributed by atoms with Crippen LogP contribution in [0.4, 0.5) is 0 Å². The number of furan rings is 1. The van der Waals surface area contributed by atoms with E-state index in [9.17, 15) is 0 Å². The summed E-state index contributed by atoms with van der Waals surface area (Å²) in [4.78, 5) is 0. The van der Waals surface area contributed by atoms with E-state index in [4.69, 9.17) is 4.42 Å². The molecule has 1 N–H and O–H groups in total. The van der Waals surface area contributed by atoms with Crippen molar-refractivity contribution in [1.29, 1.82) is 0 Å². The minimum Gasteiger partial charge on any atom is -0.461 e. The lowest BCUT2D eigenvalue weighted by Crippen LogP contribution is -2.23. The summed E-state index contributed by atoms with van der Waals surface area (Å²) in [6, 6.07) is 13.2. The Morgan fingerprint density at radius 1 is 1.11 bits per heavy atom. The van der Waals surface area contributed by atoms with Gasteiger partial charge in [0.15, 0.2) is 0 Å². The van der Waals surface area contributed by atoms with Crippen molar-refractivity contribution in [3.63, 3.8) is 0 Å². The molecule has 1 unspecified atom stereocenters. The molecule has 0 saturated carbocycles. The molecule has 0 fully saturated rings. The van der Waals surface area contributed by atoms with Crippen molar-refractivity contribution in [2.45, 2.75) is 39.2 Å². The molecule has 0 aliphatic rings.